The van der Waals surface area contributed by atoms with E-state index in [2.05, 4.69) is 10.3 Å². The number of aromatic nitrogens is 1. The van der Waals surface area contributed by atoms with Crippen molar-refractivity contribution in [2.24, 2.45) is 0 Å². The van der Waals surface area contributed by atoms with Gasteiger partial charge in [0.25, 0.3) is 5.69 Å². The second-order valence-electron chi connectivity index (χ2n) is 4.20. The number of nitrogens with zero attached hydrogens (tertiary/aromatic N) is 2. The molecule has 0 spiro atoms. The van der Waals surface area contributed by atoms with Crippen molar-refractivity contribution in [1.82, 2.24) is 4.98 Å². The van der Waals surface area contributed by atoms with Gasteiger partial charge in [0.05, 0.1) is 17.1 Å². The van der Waals surface area contributed by atoms with Gasteiger partial charge in [-0.3, -0.25) is 10.1 Å². The highest BCUT2D eigenvalue weighted by Crippen LogP contribution is 2.18. The Morgan fingerprint density at radius 3 is 2.85 bits per heavy atom. The van der Waals surface area contributed by atoms with E-state index in [0.717, 1.165) is 5.56 Å². The minimum atomic E-state index is -0.532. The summed E-state index contributed by atoms with van der Waals surface area (Å²) >= 11 is 0. The molecule has 0 saturated heterocycles. The summed E-state index contributed by atoms with van der Waals surface area (Å²) in [6, 6.07) is 8.75. The number of benzene rings is 1. The molecule has 0 radical (unpaired) electrons. The van der Waals surface area contributed by atoms with Crippen LogP contribution in [-0.4, -0.2) is 16.5 Å². The lowest BCUT2D eigenvalue weighted by atomic mass is 10.1. The Morgan fingerprint density at radius 1 is 1.35 bits per heavy atom. The minimum Gasteiger partial charge on any atom is -0.383 e. The third-order valence-electron chi connectivity index (χ3n) is 2.65. The lowest BCUT2D eigenvalue weighted by Crippen LogP contribution is -2.08. The molecule has 1 aromatic heterocycles. The third-order valence-corrected chi connectivity index (χ3v) is 2.65. The van der Waals surface area contributed by atoms with Crippen molar-refractivity contribution in [2.45, 2.75) is 6.42 Å². The Bertz CT molecular complexity index is 634. The monoisotopic (exact) mass is 276 g/mol. The molecule has 1 heterocycles. The van der Waals surface area contributed by atoms with Crippen molar-refractivity contribution in [3.05, 3.63) is 57.9 Å². The first-order valence-corrected chi connectivity index (χ1v) is 5.95. The minimum absolute atomic E-state index is 0.0763. The molecule has 2 rings (SSSR count). The van der Waals surface area contributed by atoms with Gasteiger partial charge < -0.3 is 11.1 Å². The molecule has 20 heavy (non-hydrogen) atoms. The Hall–Kier alpha value is -2.70. The highest BCUT2D eigenvalue weighted by Gasteiger charge is 2.09. The fourth-order valence-corrected chi connectivity index (χ4v) is 1.76. The molecule has 0 aliphatic heterocycles. The standard InChI is InChI=1S/C13H13FN4O2/c14-10-3-1-2-9(6-10)4-5-16-13-8-11(18(19)20)7-12(15)17-13/h1-3,6-8H,4-5H2,(H3,15,16,17). The molecular formula is C13H13FN4O2. The molecule has 7 heteroatoms. The summed E-state index contributed by atoms with van der Waals surface area (Å²) in [5.41, 5.74) is 6.20. The first-order valence-electron chi connectivity index (χ1n) is 5.95. The summed E-state index contributed by atoms with van der Waals surface area (Å²) in [6.07, 6.45) is 0.571. The Kier molecular flexibility index (Phi) is 4.09. The largest absolute Gasteiger partial charge is 0.383 e. The molecule has 0 unspecified atom stereocenters. The van der Waals surface area contributed by atoms with Gasteiger partial charge in [0.15, 0.2) is 0 Å². The van der Waals surface area contributed by atoms with Crippen molar-refractivity contribution in [3.8, 4) is 0 Å². The van der Waals surface area contributed by atoms with E-state index in [-0.39, 0.29) is 17.3 Å². The first-order chi connectivity index (χ1) is 9.54. The van der Waals surface area contributed by atoms with Crippen molar-refractivity contribution >= 4 is 17.3 Å². The van der Waals surface area contributed by atoms with E-state index in [1.807, 2.05) is 0 Å². The highest BCUT2D eigenvalue weighted by molar-refractivity contribution is 5.52. The van der Waals surface area contributed by atoms with Crippen LogP contribution in [0.4, 0.5) is 21.7 Å². The van der Waals surface area contributed by atoms with E-state index in [9.17, 15) is 14.5 Å². The van der Waals surface area contributed by atoms with Gasteiger partial charge in [0.2, 0.25) is 0 Å². The number of pyridine rings is 1. The van der Waals surface area contributed by atoms with Crippen LogP contribution in [0.2, 0.25) is 0 Å². The van der Waals surface area contributed by atoms with E-state index in [0.29, 0.717) is 18.8 Å². The molecule has 3 N–H and O–H groups in total. The van der Waals surface area contributed by atoms with Crippen LogP contribution < -0.4 is 11.1 Å². The van der Waals surface area contributed by atoms with Crippen LogP contribution in [0.1, 0.15) is 5.56 Å². The number of halogens is 1. The second kappa shape index (κ2) is 5.96. The van der Waals surface area contributed by atoms with Crippen LogP contribution >= 0.6 is 0 Å². The number of nitrogen functional groups attached to an aromatic ring is 1. The molecule has 0 aliphatic carbocycles. The summed E-state index contributed by atoms with van der Waals surface area (Å²) in [7, 11) is 0. The average molecular weight is 276 g/mol. The van der Waals surface area contributed by atoms with Crippen LogP contribution in [0, 0.1) is 15.9 Å². The molecule has 6 nitrogen and oxygen atoms in total. The fourth-order valence-electron chi connectivity index (χ4n) is 1.76. The zero-order valence-corrected chi connectivity index (χ0v) is 10.5. The maximum atomic E-state index is 13.0. The second-order valence-corrected chi connectivity index (χ2v) is 4.20. The molecule has 104 valence electrons. The van der Waals surface area contributed by atoms with Crippen molar-refractivity contribution < 1.29 is 9.31 Å². The van der Waals surface area contributed by atoms with Gasteiger partial charge in [-0.15, -0.1) is 0 Å². The topological polar surface area (TPSA) is 94.1 Å². The van der Waals surface area contributed by atoms with Gasteiger partial charge in [0, 0.05) is 6.54 Å². The van der Waals surface area contributed by atoms with Gasteiger partial charge in [-0.1, -0.05) is 12.1 Å². The fraction of sp³-hybridized carbons (Fsp3) is 0.154. The summed E-state index contributed by atoms with van der Waals surface area (Å²) in [5, 5.41) is 13.6. The first kappa shape index (κ1) is 13.7. The zero-order chi connectivity index (χ0) is 14.5. The highest BCUT2D eigenvalue weighted by atomic mass is 19.1. The number of nitro groups is 1. The predicted molar refractivity (Wildman–Crippen MR) is 73.9 cm³/mol. The van der Waals surface area contributed by atoms with E-state index in [4.69, 9.17) is 5.73 Å². The quantitative estimate of drug-likeness (QED) is 0.645. The average Bonchev–Trinajstić information content (AvgIpc) is 2.38. The molecule has 0 aliphatic rings. The van der Waals surface area contributed by atoms with Crippen molar-refractivity contribution in [1.29, 1.82) is 0 Å². The number of anilines is 2. The summed E-state index contributed by atoms with van der Waals surface area (Å²) < 4.78 is 13.0. The number of hydrogen-bond acceptors (Lipinski definition) is 5. The van der Waals surface area contributed by atoms with Gasteiger partial charge in [-0.2, -0.15) is 0 Å². The lowest BCUT2D eigenvalue weighted by Gasteiger charge is -2.06. The SMILES string of the molecule is Nc1cc([N+](=O)[O-])cc(NCCc2cccc(F)c2)n1. The van der Waals surface area contributed by atoms with E-state index in [1.165, 1.54) is 24.3 Å². The Morgan fingerprint density at radius 2 is 2.15 bits per heavy atom. The molecule has 0 saturated carbocycles. The Balaban J connectivity index is 1.99. The van der Waals surface area contributed by atoms with Gasteiger partial charge in [-0.05, 0) is 24.1 Å². The smallest absolute Gasteiger partial charge is 0.276 e. The number of nitrogens with one attached hydrogen (secondary N) is 1. The predicted octanol–water partition coefficient (Wildman–Crippen LogP) is 2.37. The molecule has 0 amide bonds. The van der Waals surface area contributed by atoms with Crippen LogP contribution in [-0.2, 0) is 6.42 Å². The normalized spacial score (nSPS) is 10.2. The zero-order valence-electron chi connectivity index (χ0n) is 10.5. The summed E-state index contributed by atoms with van der Waals surface area (Å²) in [4.78, 5) is 14.1. The molecule has 0 atom stereocenters. The Labute approximate surface area is 114 Å². The van der Waals surface area contributed by atoms with Crippen LogP contribution in [0.3, 0.4) is 0 Å². The molecule has 1 aromatic carbocycles. The van der Waals surface area contributed by atoms with Crippen molar-refractivity contribution in [3.63, 3.8) is 0 Å². The molecule has 0 bridgehead atoms. The van der Waals surface area contributed by atoms with Crippen LogP contribution in [0.15, 0.2) is 36.4 Å². The van der Waals surface area contributed by atoms with Gasteiger partial charge in [0.1, 0.15) is 17.5 Å². The van der Waals surface area contributed by atoms with Crippen molar-refractivity contribution in [2.75, 3.05) is 17.6 Å². The van der Waals surface area contributed by atoms with Crippen LogP contribution in [0.25, 0.3) is 0 Å². The lowest BCUT2D eigenvalue weighted by molar-refractivity contribution is -0.384. The number of nitrogens with two attached hydrogens (primary N) is 1. The van der Waals surface area contributed by atoms with E-state index >= 15 is 0 Å². The summed E-state index contributed by atoms with van der Waals surface area (Å²) in [5.74, 6) is 0.112. The molecular weight excluding hydrogens is 263 g/mol. The maximum Gasteiger partial charge on any atom is 0.276 e. The van der Waals surface area contributed by atoms with E-state index in [1.54, 1.807) is 12.1 Å². The number of hydrogen-bond donors (Lipinski definition) is 2. The maximum absolute atomic E-state index is 13.0. The van der Waals surface area contributed by atoms with Gasteiger partial charge >= 0.3 is 0 Å². The third kappa shape index (κ3) is 3.64. The number of rotatable bonds is 5. The summed E-state index contributed by atoms with van der Waals surface area (Å²) in [6.45, 7) is 0.469. The van der Waals surface area contributed by atoms with Crippen LogP contribution in [0.5, 0.6) is 0 Å². The van der Waals surface area contributed by atoms with E-state index < -0.39 is 4.92 Å². The van der Waals surface area contributed by atoms with Gasteiger partial charge in [-0.25, -0.2) is 9.37 Å². The molecule has 2 aromatic rings. The molecule has 0 fully saturated rings.